The molecule has 2 aromatic heterocycles. The average Bonchev–Trinajstić information content (AvgIpc) is 3.34. The Labute approximate surface area is 144 Å². The number of anilines is 1. The molecule has 1 fully saturated rings. The van der Waals surface area contributed by atoms with Crippen molar-refractivity contribution < 1.29 is 4.79 Å². The third kappa shape index (κ3) is 3.28. The van der Waals surface area contributed by atoms with Gasteiger partial charge in [0.25, 0.3) is 5.91 Å². The summed E-state index contributed by atoms with van der Waals surface area (Å²) in [5, 5.41) is 18.5. The van der Waals surface area contributed by atoms with Crippen LogP contribution in [0.4, 0.5) is 5.82 Å². The van der Waals surface area contributed by atoms with Gasteiger partial charge in [0.1, 0.15) is 12.1 Å². The van der Waals surface area contributed by atoms with E-state index in [4.69, 9.17) is 0 Å². The van der Waals surface area contributed by atoms with Gasteiger partial charge < -0.3 is 5.32 Å². The fraction of sp³-hybridized carbons (Fsp3) is 0.353. The van der Waals surface area contributed by atoms with Crippen molar-refractivity contribution in [1.29, 1.82) is 0 Å². The molecule has 0 saturated heterocycles. The van der Waals surface area contributed by atoms with E-state index in [-0.39, 0.29) is 5.91 Å². The lowest BCUT2D eigenvalue weighted by Crippen LogP contribution is -2.20. The van der Waals surface area contributed by atoms with Crippen molar-refractivity contribution in [3.05, 3.63) is 48.4 Å². The molecule has 8 nitrogen and oxygen atoms in total. The van der Waals surface area contributed by atoms with Crippen molar-refractivity contribution in [2.75, 3.05) is 5.32 Å². The van der Waals surface area contributed by atoms with Crippen LogP contribution in [0.2, 0.25) is 0 Å². The molecular formula is C17H19N7O. The number of carbonyl (C=O) groups excluding carboxylic acids is 1. The molecule has 0 atom stereocenters. The lowest BCUT2D eigenvalue weighted by molar-refractivity contribution is 0.102. The topological polar surface area (TPSA) is 90.5 Å². The highest BCUT2D eigenvalue weighted by Crippen LogP contribution is 2.30. The molecule has 0 bridgehead atoms. The quantitative estimate of drug-likeness (QED) is 0.790. The molecule has 0 radical (unpaired) electrons. The molecule has 1 N–H and O–H groups in total. The number of hydrogen-bond donors (Lipinski definition) is 1. The molecule has 8 heteroatoms. The number of nitrogens with zero attached hydrogens (tertiary/aromatic N) is 6. The molecule has 25 heavy (non-hydrogen) atoms. The Morgan fingerprint density at radius 1 is 1.16 bits per heavy atom. The number of rotatable bonds is 4. The second-order valence-electron chi connectivity index (χ2n) is 6.21. The summed E-state index contributed by atoms with van der Waals surface area (Å²) in [5.41, 5.74) is 1.28. The van der Waals surface area contributed by atoms with E-state index < -0.39 is 0 Å². The molecule has 1 amide bonds. The molecule has 4 rings (SSSR count). The SMILES string of the molecule is O=C(Nc1ccnn1C1CCCCC1)c1cccc(-n2cnnn2)c1. The summed E-state index contributed by atoms with van der Waals surface area (Å²) in [6, 6.07) is 9.39. The summed E-state index contributed by atoms with van der Waals surface area (Å²) in [5.74, 6) is 0.567. The third-order valence-corrected chi connectivity index (χ3v) is 4.55. The van der Waals surface area contributed by atoms with E-state index in [1.54, 1.807) is 18.3 Å². The second-order valence-corrected chi connectivity index (χ2v) is 6.21. The van der Waals surface area contributed by atoms with Crippen molar-refractivity contribution in [3.63, 3.8) is 0 Å². The summed E-state index contributed by atoms with van der Waals surface area (Å²) in [4.78, 5) is 12.7. The third-order valence-electron chi connectivity index (χ3n) is 4.55. The lowest BCUT2D eigenvalue weighted by Gasteiger charge is -2.23. The number of benzene rings is 1. The number of tetrazole rings is 1. The normalized spacial score (nSPS) is 15.2. The summed E-state index contributed by atoms with van der Waals surface area (Å²) >= 11 is 0. The van der Waals surface area contributed by atoms with Gasteiger partial charge in [0, 0.05) is 11.6 Å². The fourth-order valence-corrected chi connectivity index (χ4v) is 3.29. The number of carbonyl (C=O) groups is 1. The fourth-order valence-electron chi connectivity index (χ4n) is 3.29. The lowest BCUT2D eigenvalue weighted by atomic mass is 9.96. The van der Waals surface area contributed by atoms with Crippen molar-refractivity contribution in [2.45, 2.75) is 38.1 Å². The van der Waals surface area contributed by atoms with Gasteiger partial charge >= 0.3 is 0 Å². The monoisotopic (exact) mass is 337 g/mol. The Hall–Kier alpha value is -3.03. The van der Waals surface area contributed by atoms with Crippen LogP contribution >= 0.6 is 0 Å². The first-order valence-corrected chi connectivity index (χ1v) is 8.49. The first kappa shape index (κ1) is 15.5. The number of nitrogens with one attached hydrogen (secondary N) is 1. The van der Waals surface area contributed by atoms with Gasteiger partial charge in [0.05, 0.1) is 17.9 Å². The first-order chi connectivity index (χ1) is 12.3. The minimum atomic E-state index is -0.174. The summed E-state index contributed by atoms with van der Waals surface area (Å²) in [6.45, 7) is 0. The Morgan fingerprint density at radius 2 is 2.04 bits per heavy atom. The van der Waals surface area contributed by atoms with Crippen LogP contribution in [-0.2, 0) is 0 Å². The van der Waals surface area contributed by atoms with E-state index in [9.17, 15) is 4.79 Å². The summed E-state index contributed by atoms with van der Waals surface area (Å²) in [6.07, 6.45) is 9.16. The minimum absolute atomic E-state index is 0.174. The van der Waals surface area contributed by atoms with E-state index in [2.05, 4.69) is 25.9 Å². The molecule has 0 aliphatic heterocycles. The largest absolute Gasteiger partial charge is 0.307 e. The van der Waals surface area contributed by atoms with Crippen LogP contribution in [-0.4, -0.2) is 35.9 Å². The molecule has 2 heterocycles. The van der Waals surface area contributed by atoms with Gasteiger partial charge in [-0.1, -0.05) is 25.3 Å². The van der Waals surface area contributed by atoms with E-state index in [0.717, 1.165) is 24.3 Å². The van der Waals surface area contributed by atoms with Crippen LogP contribution < -0.4 is 5.32 Å². The van der Waals surface area contributed by atoms with E-state index >= 15 is 0 Å². The molecule has 3 aromatic rings. The van der Waals surface area contributed by atoms with Crippen molar-refractivity contribution in [3.8, 4) is 5.69 Å². The molecule has 128 valence electrons. The maximum absolute atomic E-state index is 12.7. The molecule has 1 aromatic carbocycles. The van der Waals surface area contributed by atoms with Crippen molar-refractivity contribution in [1.82, 2.24) is 30.0 Å². The predicted octanol–water partition coefficient (Wildman–Crippen LogP) is 2.62. The van der Waals surface area contributed by atoms with Gasteiger partial charge in [-0.3, -0.25) is 4.79 Å². The smallest absolute Gasteiger partial charge is 0.256 e. The molecule has 0 unspecified atom stereocenters. The van der Waals surface area contributed by atoms with Crippen LogP contribution in [0.1, 0.15) is 48.5 Å². The minimum Gasteiger partial charge on any atom is -0.307 e. The van der Waals surface area contributed by atoms with Crippen LogP contribution in [0.5, 0.6) is 0 Å². The maximum Gasteiger partial charge on any atom is 0.256 e. The van der Waals surface area contributed by atoms with Gasteiger partial charge in [-0.2, -0.15) is 5.10 Å². The van der Waals surface area contributed by atoms with Crippen LogP contribution in [0.15, 0.2) is 42.9 Å². The standard InChI is InChI=1S/C17H19N7O/c25-17(13-5-4-8-15(11-13)23-12-18-21-22-23)20-16-9-10-19-24(16)14-6-2-1-3-7-14/h4-5,8-12,14H,1-3,6-7H2,(H,20,25). The van der Waals surface area contributed by atoms with Gasteiger partial charge in [0.15, 0.2) is 0 Å². The number of hydrogen-bond acceptors (Lipinski definition) is 5. The van der Waals surface area contributed by atoms with Crippen LogP contribution in [0, 0.1) is 0 Å². The Kier molecular flexibility index (Phi) is 4.24. The zero-order valence-electron chi connectivity index (χ0n) is 13.7. The van der Waals surface area contributed by atoms with Crippen LogP contribution in [0.25, 0.3) is 5.69 Å². The molecule has 1 aliphatic carbocycles. The molecule has 0 spiro atoms. The van der Waals surface area contributed by atoms with Gasteiger partial charge in [-0.25, -0.2) is 9.36 Å². The molecule has 1 saturated carbocycles. The zero-order valence-corrected chi connectivity index (χ0v) is 13.7. The first-order valence-electron chi connectivity index (χ1n) is 8.49. The van der Waals surface area contributed by atoms with E-state index in [1.165, 1.54) is 30.3 Å². The highest BCUT2D eigenvalue weighted by molar-refractivity contribution is 6.04. The highest BCUT2D eigenvalue weighted by atomic mass is 16.1. The summed E-state index contributed by atoms with van der Waals surface area (Å²) in [7, 11) is 0. The Morgan fingerprint density at radius 3 is 2.84 bits per heavy atom. The van der Waals surface area contributed by atoms with Crippen molar-refractivity contribution in [2.24, 2.45) is 0 Å². The maximum atomic E-state index is 12.7. The average molecular weight is 337 g/mol. The molecule has 1 aliphatic rings. The zero-order chi connectivity index (χ0) is 17.1. The van der Waals surface area contributed by atoms with Gasteiger partial charge in [-0.05, 0) is 41.5 Å². The predicted molar refractivity (Wildman–Crippen MR) is 91.5 cm³/mol. The van der Waals surface area contributed by atoms with Gasteiger partial charge in [-0.15, -0.1) is 5.10 Å². The Balaban J connectivity index is 1.53. The van der Waals surface area contributed by atoms with E-state index in [1.807, 2.05) is 22.9 Å². The summed E-state index contributed by atoms with van der Waals surface area (Å²) < 4.78 is 3.46. The van der Waals surface area contributed by atoms with Crippen molar-refractivity contribution >= 4 is 11.7 Å². The number of amides is 1. The van der Waals surface area contributed by atoms with Gasteiger partial charge in [0.2, 0.25) is 0 Å². The second kappa shape index (κ2) is 6.84. The van der Waals surface area contributed by atoms with Crippen LogP contribution in [0.3, 0.4) is 0 Å². The van der Waals surface area contributed by atoms with E-state index in [0.29, 0.717) is 11.6 Å². The molecular weight excluding hydrogens is 318 g/mol. The Bertz CT molecular complexity index is 850. The highest BCUT2D eigenvalue weighted by Gasteiger charge is 2.19. The number of aromatic nitrogens is 6.